The molecule has 1 fully saturated rings. The number of nitrogens with one attached hydrogen (secondary N) is 2. The molecule has 2 N–H and O–H groups in total. The average Bonchev–Trinajstić information content (AvgIpc) is 2.77. The van der Waals surface area contributed by atoms with Crippen molar-refractivity contribution in [2.75, 3.05) is 6.54 Å². The minimum Gasteiger partial charge on any atom is -0.355 e. The summed E-state index contributed by atoms with van der Waals surface area (Å²) in [5.74, 6) is -0.365. The lowest BCUT2D eigenvalue weighted by atomic mass is 9.93. The summed E-state index contributed by atoms with van der Waals surface area (Å²) in [7, 11) is 0. The zero-order valence-corrected chi connectivity index (χ0v) is 10.7. The van der Waals surface area contributed by atoms with Crippen molar-refractivity contribution >= 4 is 11.8 Å². The van der Waals surface area contributed by atoms with Crippen LogP contribution in [0.4, 0.5) is 0 Å². The summed E-state index contributed by atoms with van der Waals surface area (Å²) < 4.78 is 0. The van der Waals surface area contributed by atoms with Gasteiger partial charge in [0.15, 0.2) is 0 Å². The average molecular weight is 246 g/mol. The van der Waals surface area contributed by atoms with Gasteiger partial charge in [-0.15, -0.1) is 0 Å². The van der Waals surface area contributed by atoms with Crippen LogP contribution in [0.2, 0.25) is 0 Å². The van der Waals surface area contributed by atoms with E-state index in [1.165, 1.54) is 0 Å². The van der Waals surface area contributed by atoms with Crippen molar-refractivity contribution in [2.45, 2.75) is 25.8 Å². The van der Waals surface area contributed by atoms with E-state index in [0.717, 1.165) is 5.56 Å². The lowest BCUT2D eigenvalue weighted by Gasteiger charge is -2.28. The monoisotopic (exact) mass is 246 g/mol. The molecule has 1 aliphatic rings. The summed E-state index contributed by atoms with van der Waals surface area (Å²) in [5.41, 5.74) is 0.625. The van der Waals surface area contributed by atoms with Gasteiger partial charge < -0.3 is 10.6 Å². The van der Waals surface area contributed by atoms with Crippen molar-refractivity contribution in [3.05, 3.63) is 35.9 Å². The molecule has 2 rings (SSSR count). The molecular weight excluding hydrogens is 228 g/mol. The fourth-order valence-electron chi connectivity index (χ4n) is 2.13. The second-order valence-corrected chi connectivity index (χ2v) is 5.19. The Hall–Kier alpha value is -1.84. The van der Waals surface area contributed by atoms with Crippen LogP contribution < -0.4 is 10.6 Å². The van der Waals surface area contributed by atoms with Crippen molar-refractivity contribution in [1.29, 1.82) is 0 Å². The lowest BCUT2D eigenvalue weighted by Crippen LogP contribution is -2.44. The van der Waals surface area contributed by atoms with Gasteiger partial charge in [-0.2, -0.15) is 0 Å². The number of rotatable bonds is 3. The van der Waals surface area contributed by atoms with Gasteiger partial charge in [-0.05, 0) is 19.4 Å². The molecule has 1 atom stereocenters. The summed E-state index contributed by atoms with van der Waals surface area (Å²) >= 11 is 0. The molecule has 1 saturated heterocycles. The maximum atomic E-state index is 12.1. The number of carbonyl (C=O) groups excluding carboxylic acids is 2. The van der Waals surface area contributed by atoms with E-state index in [-0.39, 0.29) is 24.2 Å². The SMILES string of the molecule is CC(C)(NC(=O)[C@H]1CNC(=O)C1)c1ccccc1. The Kier molecular flexibility index (Phi) is 3.36. The lowest BCUT2D eigenvalue weighted by molar-refractivity contribution is -0.127. The third kappa shape index (κ3) is 2.70. The van der Waals surface area contributed by atoms with Crippen LogP contribution in [0.15, 0.2) is 30.3 Å². The van der Waals surface area contributed by atoms with Gasteiger partial charge in [0.2, 0.25) is 11.8 Å². The molecule has 0 spiro atoms. The molecule has 4 heteroatoms. The van der Waals surface area contributed by atoms with E-state index in [1.54, 1.807) is 0 Å². The Morgan fingerprint density at radius 1 is 1.33 bits per heavy atom. The third-order valence-electron chi connectivity index (χ3n) is 3.28. The Bertz CT molecular complexity index is 454. The molecule has 1 heterocycles. The van der Waals surface area contributed by atoms with Gasteiger partial charge in [-0.3, -0.25) is 9.59 Å². The molecule has 0 radical (unpaired) electrons. The van der Waals surface area contributed by atoms with E-state index < -0.39 is 5.54 Å². The predicted octanol–water partition coefficient (Wildman–Crippen LogP) is 1.17. The van der Waals surface area contributed by atoms with E-state index in [9.17, 15) is 9.59 Å². The first-order valence-corrected chi connectivity index (χ1v) is 6.13. The Labute approximate surface area is 107 Å². The molecule has 4 nitrogen and oxygen atoms in total. The van der Waals surface area contributed by atoms with Crippen LogP contribution in [-0.4, -0.2) is 18.4 Å². The van der Waals surface area contributed by atoms with Crippen molar-refractivity contribution < 1.29 is 9.59 Å². The smallest absolute Gasteiger partial charge is 0.226 e. The van der Waals surface area contributed by atoms with Gasteiger partial charge in [0.05, 0.1) is 11.5 Å². The highest BCUT2D eigenvalue weighted by Gasteiger charge is 2.31. The minimum absolute atomic E-state index is 0.0485. The quantitative estimate of drug-likeness (QED) is 0.841. The first kappa shape index (κ1) is 12.6. The van der Waals surface area contributed by atoms with Gasteiger partial charge in [0, 0.05) is 13.0 Å². The molecule has 1 aromatic rings. The molecule has 0 saturated carbocycles. The van der Waals surface area contributed by atoms with Gasteiger partial charge >= 0.3 is 0 Å². The molecule has 0 bridgehead atoms. The maximum absolute atomic E-state index is 12.1. The molecule has 2 amide bonds. The molecule has 1 aliphatic heterocycles. The number of hydrogen-bond acceptors (Lipinski definition) is 2. The van der Waals surface area contributed by atoms with Crippen LogP contribution in [0.3, 0.4) is 0 Å². The van der Waals surface area contributed by atoms with Crippen LogP contribution in [0.25, 0.3) is 0 Å². The van der Waals surface area contributed by atoms with Crippen molar-refractivity contribution in [2.24, 2.45) is 5.92 Å². The van der Waals surface area contributed by atoms with E-state index >= 15 is 0 Å². The maximum Gasteiger partial charge on any atom is 0.226 e. The summed E-state index contributed by atoms with van der Waals surface area (Å²) in [5, 5.41) is 5.68. The minimum atomic E-state index is -0.427. The van der Waals surface area contributed by atoms with Gasteiger partial charge in [0.1, 0.15) is 0 Å². The van der Waals surface area contributed by atoms with Crippen LogP contribution >= 0.6 is 0 Å². The summed E-state index contributed by atoms with van der Waals surface area (Å²) in [6, 6.07) is 9.81. The topological polar surface area (TPSA) is 58.2 Å². The number of amides is 2. The fraction of sp³-hybridized carbons (Fsp3) is 0.429. The standard InChI is InChI=1S/C14H18N2O2/c1-14(2,11-6-4-3-5-7-11)16-13(18)10-8-12(17)15-9-10/h3-7,10H,8-9H2,1-2H3,(H,15,17)(H,16,18)/t10-/m1/s1. The largest absolute Gasteiger partial charge is 0.355 e. The Morgan fingerprint density at radius 3 is 2.56 bits per heavy atom. The normalized spacial score (nSPS) is 19.4. The first-order valence-electron chi connectivity index (χ1n) is 6.13. The summed E-state index contributed by atoms with van der Waals surface area (Å²) in [4.78, 5) is 23.2. The Balaban J connectivity index is 2.04. The van der Waals surface area contributed by atoms with E-state index in [0.29, 0.717) is 6.54 Å². The highest BCUT2D eigenvalue weighted by atomic mass is 16.2. The molecule has 0 aromatic heterocycles. The number of hydrogen-bond donors (Lipinski definition) is 2. The van der Waals surface area contributed by atoms with Gasteiger partial charge in [0.25, 0.3) is 0 Å². The van der Waals surface area contributed by atoms with E-state index in [4.69, 9.17) is 0 Å². The van der Waals surface area contributed by atoms with Crippen LogP contribution in [0.5, 0.6) is 0 Å². The van der Waals surface area contributed by atoms with Crippen molar-refractivity contribution in [3.8, 4) is 0 Å². The highest BCUT2D eigenvalue weighted by Crippen LogP contribution is 2.21. The summed E-state index contributed by atoms with van der Waals surface area (Å²) in [6.07, 6.45) is 0.288. The second-order valence-electron chi connectivity index (χ2n) is 5.19. The van der Waals surface area contributed by atoms with E-state index in [1.807, 2.05) is 44.2 Å². The molecule has 1 aromatic carbocycles. The number of benzene rings is 1. The third-order valence-corrected chi connectivity index (χ3v) is 3.28. The molecule has 96 valence electrons. The van der Waals surface area contributed by atoms with Crippen molar-refractivity contribution in [1.82, 2.24) is 10.6 Å². The van der Waals surface area contributed by atoms with Crippen molar-refractivity contribution in [3.63, 3.8) is 0 Å². The molecule has 0 aliphatic carbocycles. The van der Waals surface area contributed by atoms with Crippen LogP contribution in [0, 0.1) is 5.92 Å². The Morgan fingerprint density at radius 2 is 2.00 bits per heavy atom. The van der Waals surface area contributed by atoms with Gasteiger partial charge in [-0.1, -0.05) is 30.3 Å². The zero-order valence-electron chi connectivity index (χ0n) is 10.7. The highest BCUT2D eigenvalue weighted by molar-refractivity contribution is 5.89. The second kappa shape index (κ2) is 4.80. The molecular formula is C14H18N2O2. The number of carbonyl (C=O) groups is 2. The molecule has 18 heavy (non-hydrogen) atoms. The van der Waals surface area contributed by atoms with E-state index in [2.05, 4.69) is 10.6 Å². The predicted molar refractivity (Wildman–Crippen MR) is 68.7 cm³/mol. The van der Waals surface area contributed by atoms with Gasteiger partial charge in [-0.25, -0.2) is 0 Å². The first-order chi connectivity index (χ1) is 8.49. The fourth-order valence-corrected chi connectivity index (χ4v) is 2.13. The molecule has 0 unspecified atom stereocenters. The van der Waals surface area contributed by atoms with Crippen LogP contribution in [-0.2, 0) is 15.1 Å². The summed E-state index contributed by atoms with van der Waals surface area (Å²) in [6.45, 7) is 4.37. The zero-order chi connectivity index (χ0) is 13.2. The van der Waals surface area contributed by atoms with Crippen LogP contribution in [0.1, 0.15) is 25.8 Å².